The van der Waals surface area contributed by atoms with E-state index < -0.39 is 5.97 Å². The van der Waals surface area contributed by atoms with Gasteiger partial charge in [-0.05, 0) is 36.6 Å². The number of Topliss-reactive ketones (excluding diaryl/α,β-unsaturated/α-hetero) is 1. The zero-order chi connectivity index (χ0) is 16.9. The monoisotopic (exact) mass is 325 g/mol. The van der Waals surface area contributed by atoms with E-state index in [4.69, 9.17) is 5.11 Å². The molecule has 1 saturated heterocycles. The molecule has 1 atom stereocenters. The fourth-order valence-corrected chi connectivity index (χ4v) is 3.65. The van der Waals surface area contributed by atoms with Gasteiger partial charge in [0.1, 0.15) is 0 Å². The summed E-state index contributed by atoms with van der Waals surface area (Å²) >= 11 is 0. The number of nitrogens with zero attached hydrogens (tertiary/aromatic N) is 1. The van der Waals surface area contributed by atoms with E-state index in [-0.39, 0.29) is 12.2 Å². The molecule has 1 fully saturated rings. The number of benzene rings is 2. The molecule has 1 unspecified atom stereocenters. The number of hydrogen-bond acceptors (Lipinski definition) is 3. The average molecular weight is 325 g/mol. The number of carbonyl (C=O) groups excluding carboxylic acids is 1. The summed E-state index contributed by atoms with van der Waals surface area (Å²) in [5, 5.41) is 10.9. The molecule has 1 aliphatic heterocycles. The van der Waals surface area contributed by atoms with E-state index in [1.54, 1.807) is 0 Å². The van der Waals surface area contributed by atoms with Gasteiger partial charge in [0.2, 0.25) is 0 Å². The Balaban J connectivity index is 1.63. The Morgan fingerprint density at radius 1 is 1.08 bits per heavy atom. The molecule has 3 rings (SSSR count). The number of carboxylic acid groups (broad SMARTS) is 1. The molecular formula is C20H23NO3. The van der Waals surface area contributed by atoms with Gasteiger partial charge >= 0.3 is 5.97 Å². The van der Waals surface area contributed by atoms with Gasteiger partial charge in [0, 0.05) is 31.0 Å². The van der Waals surface area contributed by atoms with E-state index in [0.717, 1.165) is 35.7 Å². The standard InChI is InChI=1S/C20H23NO3/c22-19(18-9-3-6-15-5-1-2-8-17(15)18)12-14-21-13-4-7-16(21)10-11-20(23)24/h1-3,5-6,8-9,16H,4,7,10-14H2,(H,23,24). The second-order valence-electron chi connectivity index (χ2n) is 6.46. The number of likely N-dealkylation sites (tertiary alicyclic amines) is 1. The lowest BCUT2D eigenvalue weighted by Gasteiger charge is -2.23. The van der Waals surface area contributed by atoms with Crippen molar-refractivity contribution in [2.45, 2.75) is 38.1 Å². The molecule has 0 radical (unpaired) electrons. The van der Waals surface area contributed by atoms with Crippen LogP contribution in [0.3, 0.4) is 0 Å². The van der Waals surface area contributed by atoms with Crippen molar-refractivity contribution in [3.63, 3.8) is 0 Å². The highest BCUT2D eigenvalue weighted by Crippen LogP contribution is 2.23. The first kappa shape index (κ1) is 16.7. The zero-order valence-corrected chi connectivity index (χ0v) is 13.8. The molecule has 0 spiro atoms. The lowest BCUT2D eigenvalue weighted by atomic mass is 9.99. The third-order valence-corrected chi connectivity index (χ3v) is 4.91. The summed E-state index contributed by atoms with van der Waals surface area (Å²) in [4.78, 5) is 25.7. The summed E-state index contributed by atoms with van der Waals surface area (Å²) in [6.07, 6.45) is 3.50. The highest BCUT2D eigenvalue weighted by atomic mass is 16.4. The number of rotatable bonds is 7. The first-order valence-electron chi connectivity index (χ1n) is 8.62. The van der Waals surface area contributed by atoms with E-state index >= 15 is 0 Å². The predicted octanol–water partition coefficient (Wildman–Crippen LogP) is 3.74. The van der Waals surface area contributed by atoms with Gasteiger partial charge < -0.3 is 5.11 Å². The minimum Gasteiger partial charge on any atom is -0.481 e. The summed E-state index contributed by atoms with van der Waals surface area (Å²) in [6.45, 7) is 1.68. The van der Waals surface area contributed by atoms with Crippen molar-refractivity contribution in [1.82, 2.24) is 4.90 Å². The maximum absolute atomic E-state index is 12.7. The molecule has 0 aliphatic carbocycles. The smallest absolute Gasteiger partial charge is 0.303 e. The summed E-state index contributed by atoms with van der Waals surface area (Å²) < 4.78 is 0. The van der Waals surface area contributed by atoms with Crippen LogP contribution in [-0.2, 0) is 4.79 Å². The van der Waals surface area contributed by atoms with Gasteiger partial charge in [-0.1, -0.05) is 42.5 Å². The van der Waals surface area contributed by atoms with Crippen molar-refractivity contribution in [1.29, 1.82) is 0 Å². The first-order valence-corrected chi connectivity index (χ1v) is 8.62. The molecule has 0 saturated carbocycles. The number of fused-ring (bicyclic) bond motifs is 1. The molecule has 1 heterocycles. The molecule has 2 aromatic rings. The largest absolute Gasteiger partial charge is 0.481 e. The van der Waals surface area contributed by atoms with Crippen LogP contribution in [0.4, 0.5) is 0 Å². The molecule has 2 aromatic carbocycles. The fourth-order valence-electron chi connectivity index (χ4n) is 3.65. The quantitative estimate of drug-likeness (QED) is 0.788. The normalized spacial score (nSPS) is 18.1. The second kappa shape index (κ2) is 7.58. The molecule has 1 N–H and O–H groups in total. The molecule has 4 heteroatoms. The number of ketones is 1. The van der Waals surface area contributed by atoms with Crippen molar-refractivity contribution in [3.8, 4) is 0 Å². The minimum atomic E-state index is -0.742. The minimum absolute atomic E-state index is 0.163. The van der Waals surface area contributed by atoms with Crippen molar-refractivity contribution in [2.24, 2.45) is 0 Å². The van der Waals surface area contributed by atoms with Gasteiger partial charge in [-0.25, -0.2) is 0 Å². The Hall–Kier alpha value is -2.20. The van der Waals surface area contributed by atoms with Gasteiger partial charge in [-0.2, -0.15) is 0 Å². The van der Waals surface area contributed by atoms with E-state index in [2.05, 4.69) is 4.90 Å². The van der Waals surface area contributed by atoms with Gasteiger partial charge in [-0.15, -0.1) is 0 Å². The van der Waals surface area contributed by atoms with E-state index in [1.807, 2.05) is 42.5 Å². The van der Waals surface area contributed by atoms with Crippen LogP contribution in [-0.4, -0.2) is 40.9 Å². The molecule has 0 bridgehead atoms. The Bertz CT molecular complexity index is 735. The molecule has 0 amide bonds. The maximum Gasteiger partial charge on any atom is 0.303 e. The predicted molar refractivity (Wildman–Crippen MR) is 94.4 cm³/mol. The van der Waals surface area contributed by atoms with Gasteiger partial charge in [0.15, 0.2) is 5.78 Å². The fraction of sp³-hybridized carbons (Fsp3) is 0.400. The zero-order valence-electron chi connectivity index (χ0n) is 13.8. The highest BCUT2D eigenvalue weighted by Gasteiger charge is 2.25. The third kappa shape index (κ3) is 3.82. The molecule has 1 aliphatic rings. The molecule has 24 heavy (non-hydrogen) atoms. The number of hydrogen-bond donors (Lipinski definition) is 1. The van der Waals surface area contributed by atoms with Crippen molar-refractivity contribution in [2.75, 3.05) is 13.1 Å². The summed E-state index contributed by atoms with van der Waals surface area (Å²) in [6, 6.07) is 14.1. The van der Waals surface area contributed by atoms with Crippen molar-refractivity contribution in [3.05, 3.63) is 48.0 Å². The van der Waals surface area contributed by atoms with E-state index in [1.165, 1.54) is 0 Å². The lowest BCUT2D eigenvalue weighted by molar-refractivity contribution is -0.137. The number of aliphatic carboxylic acids is 1. The second-order valence-corrected chi connectivity index (χ2v) is 6.46. The summed E-state index contributed by atoms with van der Waals surface area (Å²) in [5.41, 5.74) is 0.786. The summed E-state index contributed by atoms with van der Waals surface area (Å²) in [5.74, 6) is -0.579. The van der Waals surface area contributed by atoms with Crippen LogP contribution >= 0.6 is 0 Å². The SMILES string of the molecule is O=C(O)CCC1CCCN1CCC(=O)c1cccc2ccccc12. The average Bonchev–Trinajstić information content (AvgIpc) is 3.04. The van der Waals surface area contributed by atoms with Gasteiger partial charge in [0.05, 0.1) is 0 Å². The van der Waals surface area contributed by atoms with Crippen LogP contribution in [0.5, 0.6) is 0 Å². The molecule has 0 aromatic heterocycles. The Morgan fingerprint density at radius 2 is 1.88 bits per heavy atom. The first-order chi connectivity index (χ1) is 11.6. The Kier molecular flexibility index (Phi) is 5.26. The van der Waals surface area contributed by atoms with Gasteiger partial charge in [-0.3, -0.25) is 14.5 Å². The Labute approximate surface area is 142 Å². The summed E-state index contributed by atoms with van der Waals surface area (Å²) in [7, 11) is 0. The molecule has 4 nitrogen and oxygen atoms in total. The number of carbonyl (C=O) groups is 2. The van der Waals surface area contributed by atoms with Crippen LogP contribution in [0.2, 0.25) is 0 Å². The number of carboxylic acids is 1. The topological polar surface area (TPSA) is 57.6 Å². The lowest BCUT2D eigenvalue weighted by Crippen LogP contribution is -2.32. The van der Waals surface area contributed by atoms with E-state index in [0.29, 0.717) is 25.4 Å². The molecular weight excluding hydrogens is 302 g/mol. The van der Waals surface area contributed by atoms with Crippen LogP contribution in [0, 0.1) is 0 Å². The van der Waals surface area contributed by atoms with Crippen LogP contribution in [0.25, 0.3) is 10.8 Å². The Morgan fingerprint density at radius 3 is 2.71 bits per heavy atom. The third-order valence-electron chi connectivity index (χ3n) is 4.91. The maximum atomic E-state index is 12.7. The van der Waals surface area contributed by atoms with Crippen molar-refractivity contribution < 1.29 is 14.7 Å². The van der Waals surface area contributed by atoms with E-state index in [9.17, 15) is 9.59 Å². The van der Waals surface area contributed by atoms with Crippen LogP contribution in [0.15, 0.2) is 42.5 Å². The van der Waals surface area contributed by atoms with Gasteiger partial charge in [0.25, 0.3) is 0 Å². The van der Waals surface area contributed by atoms with Crippen molar-refractivity contribution >= 4 is 22.5 Å². The van der Waals surface area contributed by atoms with Crippen LogP contribution in [0.1, 0.15) is 42.5 Å². The van der Waals surface area contributed by atoms with Crippen LogP contribution < -0.4 is 0 Å². The highest BCUT2D eigenvalue weighted by molar-refractivity contribution is 6.08. The molecule has 126 valence electrons.